The average Bonchev–Trinajstić information content (AvgIpc) is 3.13. The minimum Gasteiger partial charge on any atom is -0.609 e. The van der Waals surface area contributed by atoms with Crippen molar-refractivity contribution in [2.75, 3.05) is 6.26 Å². The molecule has 0 aliphatic rings. The predicted octanol–water partition coefficient (Wildman–Crippen LogP) is 4.30. The van der Waals surface area contributed by atoms with Crippen molar-refractivity contribution >= 4 is 45.1 Å². The van der Waals surface area contributed by atoms with Gasteiger partial charge in [0.15, 0.2) is 5.65 Å². The molecule has 0 bridgehead atoms. The number of hydrogen-bond acceptors (Lipinski definition) is 6. The summed E-state index contributed by atoms with van der Waals surface area (Å²) in [5.74, 6) is 0. The molecule has 0 radical (unpaired) electrons. The molecular formula is C20H17ClN4O2S2. The van der Waals surface area contributed by atoms with Crippen LogP contribution >= 0.6 is 22.9 Å². The van der Waals surface area contributed by atoms with Gasteiger partial charge in [-0.3, -0.25) is 9.36 Å². The third kappa shape index (κ3) is 3.69. The van der Waals surface area contributed by atoms with Crippen molar-refractivity contribution in [3.05, 3.63) is 57.0 Å². The fourth-order valence-corrected chi connectivity index (χ4v) is 4.62. The molecule has 0 saturated heterocycles. The highest BCUT2D eigenvalue weighted by atomic mass is 35.5. The van der Waals surface area contributed by atoms with Crippen LogP contribution < -0.4 is 5.56 Å². The predicted molar refractivity (Wildman–Crippen MR) is 118 cm³/mol. The number of thiazole rings is 1. The molecule has 0 amide bonds. The Labute approximate surface area is 179 Å². The second-order valence-corrected chi connectivity index (χ2v) is 9.35. The monoisotopic (exact) mass is 444 g/mol. The van der Waals surface area contributed by atoms with E-state index in [4.69, 9.17) is 11.6 Å². The lowest BCUT2D eigenvalue weighted by Gasteiger charge is -2.12. The number of benzene rings is 1. The van der Waals surface area contributed by atoms with E-state index in [1.165, 1.54) is 6.26 Å². The van der Waals surface area contributed by atoms with E-state index in [0.717, 1.165) is 15.4 Å². The number of aromatic nitrogens is 4. The Kier molecular flexibility index (Phi) is 5.44. The SMILES string of the molecule is CCn1c(=O)c(-c2ccc(-c3cnc(C)s3)cc2Cl)cc2cnc([S+](C)[O-])nc21. The first-order valence-corrected chi connectivity index (χ1v) is 11.6. The highest BCUT2D eigenvalue weighted by molar-refractivity contribution is 7.90. The zero-order chi connectivity index (χ0) is 20.7. The third-order valence-electron chi connectivity index (χ3n) is 4.54. The Morgan fingerprint density at radius 2 is 2.00 bits per heavy atom. The van der Waals surface area contributed by atoms with Crippen LogP contribution in [0.25, 0.3) is 32.6 Å². The quantitative estimate of drug-likeness (QED) is 0.346. The van der Waals surface area contributed by atoms with Crippen LogP contribution in [0.15, 0.2) is 46.6 Å². The van der Waals surface area contributed by atoms with E-state index in [0.29, 0.717) is 33.7 Å². The fourth-order valence-electron chi connectivity index (χ4n) is 3.15. The summed E-state index contributed by atoms with van der Waals surface area (Å²) in [7, 11) is 0. The van der Waals surface area contributed by atoms with Crippen LogP contribution in [0, 0.1) is 6.92 Å². The van der Waals surface area contributed by atoms with Gasteiger partial charge in [-0.05, 0) is 31.5 Å². The van der Waals surface area contributed by atoms with Crippen molar-refractivity contribution in [3.63, 3.8) is 0 Å². The molecule has 4 rings (SSSR count). The average molecular weight is 445 g/mol. The Hall–Kier alpha value is -2.26. The maximum absolute atomic E-state index is 13.2. The van der Waals surface area contributed by atoms with Crippen molar-refractivity contribution < 1.29 is 4.55 Å². The second kappa shape index (κ2) is 7.87. The summed E-state index contributed by atoms with van der Waals surface area (Å²) in [6.07, 6.45) is 4.92. The Morgan fingerprint density at radius 3 is 2.62 bits per heavy atom. The molecule has 0 saturated carbocycles. The van der Waals surface area contributed by atoms with Gasteiger partial charge in [0.2, 0.25) is 0 Å². The first kappa shape index (κ1) is 20.0. The van der Waals surface area contributed by atoms with Gasteiger partial charge in [0.05, 0.1) is 9.88 Å². The minimum atomic E-state index is -1.33. The van der Waals surface area contributed by atoms with Gasteiger partial charge in [0, 0.05) is 51.7 Å². The highest BCUT2D eigenvalue weighted by Crippen LogP contribution is 2.33. The smallest absolute Gasteiger partial charge is 0.344 e. The van der Waals surface area contributed by atoms with Gasteiger partial charge in [-0.25, -0.2) is 4.98 Å². The maximum Gasteiger partial charge on any atom is 0.344 e. The van der Waals surface area contributed by atoms with Crippen LogP contribution in [-0.4, -0.2) is 30.3 Å². The first-order chi connectivity index (χ1) is 13.9. The van der Waals surface area contributed by atoms with E-state index in [9.17, 15) is 9.35 Å². The van der Waals surface area contributed by atoms with Crippen LogP contribution in [0.4, 0.5) is 0 Å². The molecular weight excluding hydrogens is 428 g/mol. The molecule has 0 spiro atoms. The van der Waals surface area contributed by atoms with E-state index < -0.39 is 11.2 Å². The van der Waals surface area contributed by atoms with Gasteiger partial charge >= 0.3 is 5.16 Å². The molecule has 148 valence electrons. The van der Waals surface area contributed by atoms with E-state index in [1.807, 2.05) is 38.2 Å². The lowest BCUT2D eigenvalue weighted by Crippen LogP contribution is -2.23. The normalized spacial score (nSPS) is 12.4. The maximum atomic E-state index is 13.2. The molecule has 3 aromatic heterocycles. The van der Waals surface area contributed by atoms with Crippen molar-refractivity contribution in [3.8, 4) is 21.6 Å². The molecule has 0 aliphatic carbocycles. The van der Waals surface area contributed by atoms with Crippen molar-refractivity contribution in [1.29, 1.82) is 0 Å². The van der Waals surface area contributed by atoms with Crippen LogP contribution in [0.2, 0.25) is 5.02 Å². The van der Waals surface area contributed by atoms with Crippen molar-refractivity contribution in [2.45, 2.75) is 25.5 Å². The zero-order valence-electron chi connectivity index (χ0n) is 16.0. The van der Waals surface area contributed by atoms with Crippen LogP contribution in [0.1, 0.15) is 11.9 Å². The molecule has 9 heteroatoms. The van der Waals surface area contributed by atoms with Crippen molar-refractivity contribution in [2.24, 2.45) is 0 Å². The molecule has 3 heterocycles. The van der Waals surface area contributed by atoms with Crippen LogP contribution in [-0.2, 0) is 17.7 Å². The Morgan fingerprint density at radius 1 is 1.21 bits per heavy atom. The third-order valence-corrected chi connectivity index (χ3v) is 6.53. The van der Waals surface area contributed by atoms with E-state index in [2.05, 4.69) is 15.0 Å². The number of fused-ring (bicyclic) bond motifs is 1. The molecule has 1 atom stereocenters. The van der Waals surface area contributed by atoms with E-state index in [-0.39, 0.29) is 10.7 Å². The number of pyridine rings is 1. The van der Waals surface area contributed by atoms with Gasteiger partial charge in [0.25, 0.3) is 5.56 Å². The topological polar surface area (TPSA) is 83.7 Å². The fraction of sp³-hybridized carbons (Fsp3) is 0.200. The molecule has 0 fully saturated rings. The summed E-state index contributed by atoms with van der Waals surface area (Å²) in [5.41, 5.74) is 2.35. The highest BCUT2D eigenvalue weighted by Gasteiger charge is 2.17. The number of nitrogens with zero attached hydrogens (tertiary/aromatic N) is 4. The largest absolute Gasteiger partial charge is 0.609 e. The van der Waals surface area contributed by atoms with Gasteiger partial charge in [0.1, 0.15) is 6.26 Å². The first-order valence-electron chi connectivity index (χ1n) is 8.85. The number of hydrogen-bond donors (Lipinski definition) is 0. The van der Waals surface area contributed by atoms with E-state index >= 15 is 0 Å². The minimum absolute atomic E-state index is 0.199. The van der Waals surface area contributed by atoms with Gasteiger partial charge < -0.3 is 4.55 Å². The molecule has 29 heavy (non-hydrogen) atoms. The molecule has 0 aliphatic heterocycles. The molecule has 1 aromatic carbocycles. The number of aryl methyl sites for hydroxylation is 2. The van der Waals surface area contributed by atoms with Crippen LogP contribution in [0.3, 0.4) is 0 Å². The lowest BCUT2D eigenvalue weighted by atomic mass is 10.0. The Bertz CT molecular complexity index is 1280. The number of halogens is 1. The molecule has 0 N–H and O–H groups in total. The van der Waals surface area contributed by atoms with Gasteiger partial charge in [-0.15, -0.1) is 11.3 Å². The molecule has 6 nitrogen and oxygen atoms in total. The van der Waals surface area contributed by atoms with Crippen LogP contribution in [0.5, 0.6) is 0 Å². The zero-order valence-corrected chi connectivity index (χ0v) is 18.4. The molecule has 4 aromatic rings. The lowest BCUT2D eigenvalue weighted by molar-refractivity contribution is 0.592. The standard InChI is InChI=1S/C20H17ClN4O2S2/c1-4-25-18-13(9-23-20(24-18)29(3)27)7-15(19(25)26)14-6-5-12(8-16(14)21)17-10-22-11(2)28-17/h5-10H,4H2,1-3H3. The number of rotatable bonds is 4. The Balaban J connectivity index is 1.89. The van der Waals surface area contributed by atoms with Crippen molar-refractivity contribution in [1.82, 2.24) is 19.5 Å². The summed E-state index contributed by atoms with van der Waals surface area (Å²) in [6.45, 7) is 4.24. The summed E-state index contributed by atoms with van der Waals surface area (Å²) in [5, 5.41) is 2.36. The summed E-state index contributed by atoms with van der Waals surface area (Å²) < 4.78 is 13.3. The second-order valence-electron chi connectivity index (χ2n) is 6.43. The van der Waals surface area contributed by atoms with Gasteiger partial charge in [-0.2, -0.15) is 9.97 Å². The summed E-state index contributed by atoms with van der Waals surface area (Å²) in [6, 6.07) is 7.38. The summed E-state index contributed by atoms with van der Waals surface area (Å²) >= 11 is 6.83. The van der Waals surface area contributed by atoms with Gasteiger partial charge in [-0.1, -0.05) is 23.7 Å². The summed E-state index contributed by atoms with van der Waals surface area (Å²) in [4.78, 5) is 27.0. The van der Waals surface area contributed by atoms with E-state index in [1.54, 1.807) is 28.2 Å². The molecule has 1 unspecified atom stereocenters.